The first-order valence-corrected chi connectivity index (χ1v) is 13.1. The molecule has 0 aromatic heterocycles. The smallest absolute Gasteiger partial charge is 0.337 e. The normalized spacial score (nSPS) is 9.86. The summed E-state index contributed by atoms with van der Waals surface area (Å²) in [5.74, 6) is -4.53. The molecular formula is C27H51N3O12. The van der Waals surface area contributed by atoms with Crippen molar-refractivity contribution in [3.63, 3.8) is 0 Å². The van der Waals surface area contributed by atoms with E-state index in [2.05, 4.69) is 16.0 Å². The molecule has 0 aliphatic heterocycles. The third kappa shape index (κ3) is 28.8. The molecule has 0 atom stereocenters. The Balaban J connectivity index is -0.000000500. The molecule has 0 aliphatic rings. The van der Waals surface area contributed by atoms with Crippen molar-refractivity contribution in [2.24, 2.45) is 0 Å². The minimum atomic E-state index is -1.58. The van der Waals surface area contributed by atoms with Crippen molar-refractivity contribution in [2.75, 3.05) is 122 Å². The quantitative estimate of drug-likeness (QED) is 0.104. The molecule has 1 aromatic carbocycles. The Bertz CT molecular complexity index is 701. The highest BCUT2D eigenvalue weighted by atomic mass is 16.5. The van der Waals surface area contributed by atoms with Crippen LogP contribution < -0.4 is 16.0 Å². The molecule has 0 aliphatic carbocycles. The molecular weight excluding hydrogens is 558 g/mol. The SMILES string of the molecule is COCCNCCOC.COCCNCCOC.COCCNCCOC.O=C(O)c1cccc(C(=O)O)c1C(=O)O. The zero-order valence-corrected chi connectivity index (χ0v) is 25.7. The number of ether oxygens (including phenoxy) is 6. The molecule has 1 rings (SSSR count). The molecule has 15 heteroatoms. The number of carbonyl (C=O) groups is 3. The van der Waals surface area contributed by atoms with Crippen molar-refractivity contribution in [3.05, 3.63) is 34.9 Å². The van der Waals surface area contributed by atoms with Crippen LogP contribution in [0.3, 0.4) is 0 Å². The van der Waals surface area contributed by atoms with E-state index >= 15 is 0 Å². The lowest BCUT2D eigenvalue weighted by atomic mass is 10.0. The van der Waals surface area contributed by atoms with E-state index in [4.69, 9.17) is 43.7 Å². The topological polar surface area (TPSA) is 203 Å². The molecule has 0 amide bonds. The molecule has 0 saturated carbocycles. The standard InChI is InChI=1S/C9H6O6.3C6H15NO2/c10-7(11)4-2-1-3-5(8(12)13)6(4)9(14)15;3*1-8-5-3-7-4-6-9-2/h1-3H,(H,10,11)(H,12,13)(H,14,15);3*7H,3-6H2,1-2H3. The van der Waals surface area contributed by atoms with Gasteiger partial charge in [0.05, 0.1) is 56.3 Å². The van der Waals surface area contributed by atoms with Gasteiger partial charge >= 0.3 is 17.9 Å². The van der Waals surface area contributed by atoms with Crippen molar-refractivity contribution in [3.8, 4) is 0 Å². The Hall–Kier alpha value is -2.73. The van der Waals surface area contributed by atoms with Crippen molar-refractivity contribution in [1.82, 2.24) is 16.0 Å². The fourth-order valence-corrected chi connectivity index (χ4v) is 2.56. The van der Waals surface area contributed by atoms with Gasteiger partial charge in [0.1, 0.15) is 0 Å². The minimum absolute atomic E-state index is 0.539. The number of carboxylic acid groups (broad SMARTS) is 3. The molecule has 1 aromatic rings. The molecule has 0 unspecified atom stereocenters. The Labute approximate surface area is 248 Å². The summed E-state index contributed by atoms with van der Waals surface area (Å²) in [6.07, 6.45) is 0. The van der Waals surface area contributed by atoms with Gasteiger partial charge in [0.15, 0.2) is 0 Å². The molecule has 0 bridgehead atoms. The molecule has 15 nitrogen and oxygen atoms in total. The summed E-state index contributed by atoms with van der Waals surface area (Å²) in [5.41, 5.74) is -1.79. The van der Waals surface area contributed by atoms with Gasteiger partial charge in [-0.05, 0) is 12.1 Å². The van der Waals surface area contributed by atoms with Crippen molar-refractivity contribution < 1.29 is 58.1 Å². The monoisotopic (exact) mass is 609 g/mol. The van der Waals surface area contributed by atoms with Gasteiger partial charge in [-0.15, -0.1) is 0 Å². The van der Waals surface area contributed by atoms with Gasteiger partial charge in [-0.2, -0.15) is 0 Å². The van der Waals surface area contributed by atoms with Crippen LogP contribution in [-0.4, -0.2) is 155 Å². The number of methoxy groups -OCH3 is 6. The van der Waals surface area contributed by atoms with Crippen molar-refractivity contribution in [2.45, 2.75) is 0 Å². The summed E-state index contributed by atoms with van der Waals surface area (Å²) in [7, 11) is 10.2. The predicted octanol–water partition coefficient (Wildman–Crippen LogP) is 0.388. The summed E-state index contributed by atoms with van der Waals surface area (Å²) >= 11 is 0. The van der Waals surface area contributed by atoms with Crippen LogP contribution in [0.4, 0.5) is 0 Å². The average molecular weight is 610 g/mol. The first-order valence-electron chi connectivity index (χ1n) is 13.1. The van der Waals surface area contributed by atoms with E-state index in [1.165, 1.54) is 6.07 Å². The van der Waals surface area contributed by atoms with Crippen LogP contribution in [0.5, 0.6) is 0 Å². The number of hydrogen-bond donors (Lipinski definition) is 6. The van der Waals surface area contributed by atoms with Gasteiger partial charge in [-0.1, -0.05) is 6.07 Å². The molecule has 0 heterocycles. The summed E-state index contributed by atoms with van der Waals surface area (Å²) in [6.45, 7) is 10.0. The number of aromatic carboxylic acids is 3. The molecule has 0 radical (unpaired) electrons. The molecule has 246 valence electrons. The third-order valence-electron chi connectivity index (χ3n) is 4.64. The van der Waals surface area contributed by atoms with E-state index in [1.54, 1.807) is 42.7 Å². The number of hydrogen-bond acceptors (Lipinski definition) is 12. The van der Waals surface area contributed by atoms with Gasteiger partial charge < -0.3 is 59.7 Å². The summed E-state index contributed by atoms with van der Waals surface area (Å²) in [6, 6.07) is 3.26. The highest BCUT2D eigenvalue weighted by molar-refractivity contribution is 6.09. The van der Waals surface area contributed by atoms with Gasteiger partial charge in [0, 0.05) is 81.9 Å². The molecule has 0 fully saturated rings. The van der Waals surface area contributed by atoms with Crippen LogP contribution in [-0.2, 0) is 28.4 Å². The zero-order chi connectivity index (χ0) is 32.4. The number of carboxylic acids is 3. The van der Waals surface area contributed by atoms with Gasteiger partial charge in [-0.25, -0.2) is 14.4 Å². The average Bonchev–Trinajstić information content (AvgIpc) is 2.97. The maximum absolute atomic E-state index is 10.7. The van der Waals surface area contributed by atoms with E-state index in [0.717, 1.165) is 91.0 Å². The molecule has 0 spiro atoms. The van der Waals surface area contributed by atoms with Crippen LogP contribution in [0.25, 0.3) is 0 Å². The first-order chi connectivity index (χ1) is 20.2. The summed E-state index contributed by atoms with van der Waals surface area (Å²) < 4.78 is 28.9. The van der Waals surface area contributed by atoms with E-state index < -0.39 is 34.6 Å². The van der Waals surface area contributed by atoms with Crippen LogP contribution in [0.1, 0.15) is 31.1 Å². The second kappa shape index (κ2) is 34.5. The van der Waals surface area contributed by atoms with Gasteiger partial charge in [-0.3, -0.25) is 0 Å². The van der Waals surface area contributed by atoms with E-state index in [0.29, 0.717) is 0 Å². The molecule has 0 saturated heterocycles. The predicted molar refractivity (Wildman–Crippen MR) is 157 cm³/mol. The number of rotatable bonds is 21. The van der Waals surface area contributed by atoms with Crippen molar-refractivity contribution in [1.29, 1.82) is 0 Å². The van der Waals surface area contributed by atoms with E-state index in [9.17, 15) is 14.4 Å². The van der Waals surface area contributed by atoms with Crippen LogP contribution in [0.2, 0.25) is 0 Å². The van der Waals surface area contributed by atoms with Gasteiger partial charge in [0.25, 0.3) is 0 Å². The van der Waals surface area contributed by atoms with Crippen molar-refractivity contribution >= 4 is 17.9 Å². The Morgan fingerprint density at radius 1 is 0.500 bits per heavy atom. The lowest BCUT2D eigenvalue weighted by Crippen LogP contribution is -2.23. The lowest BCUT2D eigenvalue weighted by molar-refractivity contribution is 0.0633. The van der Waals surface area contributed by atoms with Crippen LogP contribution in [0, 0.1) is 0 Å². The largest absolute Gasteiger partial charge is 0.478 e. The highest BCUT2D eigenvalue weighted by Gasteiger charge is 2.23. The summed E-state index contributed by atoms with van der Waals surface area (Å²) in [5, 5.41) is 35.5. The lowest BCUT2D eigenvalue weighted by Gasteiger charge is -2.04. The second-order valence-electron chi connectivity index (χ2n) is 7.85. The minimum Gasteiger partial charge on any atom is -0.478 e. The third-order valence-corrected chi connectivity index (χ3v) is 4.64. The fraction of sp³-hybridized carbons (Fsp3) is 0.667. The Morgan fingerprint density at radius 2 is 0.738 bits per heavy atom. The highest BCUT2D eigenvalue weighted by Crippen LogP contribution is 2.15. The Morgan fingerprint density at radius 3 is 0.905 bits per heavy atom. The van der Waals surface area contributed by atoms with Crippen LogP contribution >= 0.6 is 0 Å². The summed E-state index contributed by atoms with van der Waals surface area (Å²) in [4.78, 5) is 32.0. The second-order valence-corrected chi connectivity index (χ2v) is 7.85. The zero-order valence-electron chi connectivity index (χ0n) is 25.7. The maximum Gasteiger partial charge on any atom is 0.337 e. The van der Waals surface area contributed by atoms with Crippen LogP contribution in [0.15, 0.2) is 18.2 Å². The molecule has 42 heavy (non-hydrogen) atoms. The first kappa shape index (κ1) is 43.7. The maximum atomic E-state index is 10.7. The number of benzene rings is 1. The van der Waals surface area contributed by atoms with E-state index in [1.807, 2.05) is 0 Å². The van der Waals surface area contributed by atoms with E-state index in [-0.39, 0.29) is 0 Å². The molecule has 6 N–H and O–H groups in total. The number of nitrogens with one attached hydrogen (secondary N) is 3. The van der Waals surface area contributed by atoms with Gasteiger partial charge in [0.2, 0.25) is 0 Å². The Kier molecular flexibility index (Phi) is 35.9. The fourth-order valence-electron chi connectivity index (χ4n) is 2.56.